The molecule has 22 heavy (non-hydrogen) atoms. The molecular formula is C17H23NO4. The third-order valence-corrected chi connectivity index (χ3v) is 3.92. The first-order valence-electron chi connectivity index (χ1n) is 7.70. The average molecular weight is 305 g/mol. The number of carboxylic acids is 1. The molecule has 2 atom stereocenters. The molecule has 0 heterocycles. The number of carbonyl (C=O) groups is 2. The molecular weight excluding hydrogens is 282 g/mol. The number of benzene rings is 1. The highest BCUT2D eigenvalue weighted by atomic mass is 16.5. The number of carboxylic acid groups (broad SMARTS) is 1. The van der Waals surface area contributed by atoms with E-state index in [4.69, 9.17) is 9.84 Å². The molecule has 2 N–H and O–H groups in total. The normalized spacial score (nSPS) is 21.0. The molecule has 0 unspecified atom stereocenters. The lowest BCUT2D eigenvalue weighted by Crippen LogP contribution is -2.33. The second kappa shape index (κ2) is 7.40. The van der Waals surface area contributed by atoms with Gasteiger partial charge in [-0.05, 0) is 50.8 Å². The summed E-state index contributed by atoms with van der Waals surface area (Å²) in [6.07, 6.45) is 2.04. The van der Waals surface area contributed by atoms with E-state index in [1.807, 2.05) is 26.0 Å². The topological polar surface area (TPSA) is 75.6 Å². The van der Waals surface area contributed by atoms with Gasteiger partial charge >= 0.3 is 5.97 Å². The average Bonchev–Trinajstić information content (AvgIpc) is 2.94. The smallest absolute Gasteiger partial charge is 0.306 e. The Bertz CT molecular complexity index is 524. The minimum absolute atomic E-state index is 0.0439. The molecule has 0 aliphatic heterocycles. The van der Waals surface area contributed by atoms with E-state index < -0.39 is 5.97 Å². The zero-order valence-electron chi connectivity index (χ0n) is 13.0. The van der Waals surface area contributed by atoms with Crippen molar-refractivity contribution in [2.24, 2.45) is 5.92 Å². The van der Waals surface area contributed by atoms with Gasteiger partial charge in [-0.2, -0.15) is 0 Å². The fourth-order valence-corrected chi connectivity index (χ4v) is 2.62. The fraction of sp³-hybridized carbons (Fsp3) is 0.529. The lowest BCUT2D eigenvalue weighted by Gasteiger charge is -2.13. The van der Waals surface area contributed by atoms with Gasteiger partial charge in [0.1, 0.15) is 0 Å². The summed E-state index contributed by atoms with van der Waals surface area (Å²) < 4.78 is 5.51. The zero-order valence-corrected chi connectivity index (χ0v) is 13.0. The molecule has 5 heteroatoms. The van der Waals surface area contributed by atoms with Gasteiger partial charge in [-0.1, -0.05) is 12.1 Å². The van der Waals surface area contributed by atoms with E-state index in [-0.39, 0.29) is 24.0 Å². The van der Waals surface area contributed by atoms with E-state index in [1.54, 1.807) is 12.1 Å². The van der Waals surface area contributed by atoms with E-state index in [0.717, 1.165) is 12.0 Å². The third-order valence-electron chi connectivity index (χ3n) is 3.92. The Morgan fingerprint density at radius 1 is 1.27 bits per heavy atom. The van der Waals surface area contributed by atoms with Crippen molar-refractivity contribution in [3.05, 3.63) is 35.4 Å². The van der Waals surface area contributed by atoms with E-state index >= 15 is 0 Å². The second-order valence-corrected chi connectivity index (χ2v) is 6.08. The van der Waals surface area contributed by atoms with Crippen LogP contribution in [0.2, 0.25) is 0 Å². The molecule has 1 saturated carbocycles. The molecule has 1 aliphatic carbocycles. The molecule has 1 aromatic rings. The van der Waals surface area contributed by atoms with Gasteiger partial charge in [0.05, 0.1) is 18.6 Å². The summed E-state index contributed by atoms with van der Waals surface area (Å²) in [6, 6.07) is 7.27. The zero-order chi connectivity index (χ0) is 16.1. The van der Waals surface area contributed by atoms with E-state index in [1.165, 1.54) is 0 Å². The highest BCUT2D eigenvalue weighted by Gasteiger charge is 2.30. The van der Waals surface area contributed by atoms with E-state index in [2.05, 4.69) is 5.32 Å². The van der Waals surface area contributed by atoms with Crippen LogP contribution in [0.5, 0.6) is 0 Å². The lowest BCUT2D eigenvalue weighted by atomic mass is 10.1. The van der Waals surface area contributed by atoms with Crippen LogP contribution in [0.4, 0.5) is 0 Å². The van der Waals surface area contributed by atoms with Crippen molar-refractivity contribution in [1.29, 1.82) is 0 Å². The monoisotopic (exact) mass is 305 g/mol. The SMILES string of the molecule is CC(C)OCc1ccc(C(=O)N[C@H]2CC[C@@H](C(=O)O)C2)cc1. The van der Waals surface area contributed by atoms with Crippen molar-refractivity contribution in [2.45, 2.75) is 51.9 Å². The number of nitrogens with one attached hydrogen (secondary N) is 1. The van der Waals surface area contributed by atoms with E-state index in [0.29, 0.717) is 25.0 Å². The Kier molecular flexibility index (Phi) is 5.55. The lowest BCUT2D eigenvalue weighted by molar-refractivity contribution is -0.141. The first-order valence-corrected chi connectivity index (χ1v) is 7.70. The molecule has 5 nitrogen and oxygen atoms in total. The standard InChI is InChI=1S/C17H23NO4/c1-11(2)22-10-12-3-5-13(6-4-12)16(19)18-15-8-7-14(9-15)17(20)21/h3-6,11,14-15H,7-10H2,1-2H3,(H,18,19)(H,20,21)/t14-,15+/m1/s1. The number of aliphatic carboxylic acids is 1. The van der Waals surface area contributed by atoms with Crippen molar-refractivity contribution >= 4 is 11.9 Å². The number of carbonyl (C=O) groups excluding carboxylic acids is 1. The molecule has 0 bridgehead atoms. The quantitative estimate of drug-likeness (QED) is 0.847. The van der Waals surface area contributed by atoms with Crippen molar-refractivity contribution < 1.29 is 19.4 Å². The maximum Gasteiger partial charge on any atom is 0.306 e. The molecule has 0 saturated heterocycles. The Balaban J connectivity index is 1.86. The first-order chi connectivity index (χ1) is 10.5. The molecule has 2 rings (SSSR count). The third kappa shape index (κ3) is 4.56. The van der Waals surface area contributed by atoms with Gasteiger partial charge < -0.3 is 15.2 Å². The van der Waals surface area contributed by atoms with Gasteiger partial charge in [-0.25, -0.2) is 0 Å². The van der Waals surface area contributed by atoms with Crippen LogP contribution < -0.4 is 5.32 Å². The van der Waals surface area contributed by atoms with E-state index in [9.17, 15) is 9.59 Å². The van der Waals surface area contributed by atoms with Gasteiger partial charge in [0.25, 0.3) is 5.91 Å². The number of rotatable bonds is 6. The second-order valence-electron chi connectivity index (χ2n) is 6.08. The number of hydrogen-bond acceptors (Lipinski definition) is 3. The van der Waals surface area contributed by atoms with Crippen LogP contribution in [-0.2, 0) is 16.1 Å². The van der Waals surface area contributed by atoms with Crippen LogP contribution in [0.3, 0.4) is 0 Å². The highest BCUT2D eigenvalue weighted by molar-refractivity contribution is 5.94. The number of amides is 1. The predicted molar refractivity (Wildman–Crippen MR) is 82.6 cm³/mol. The Hall–Kier alpha value is -1.88. The summed E-state index contributed by atoms with van der Waals surface area (Å²) in [7, 11) is 0. The van der Waals surface area contributed by atoms with Crippen LogP contribution in [-0.4, -0.2) is 29.1 Å². The fourth-order valence-electron chi connectivity index (χ4n) is 2.62. The molecule has 1 aliphatic rings. The minimum atomic E-state index is -0.772. The molecule has 0 radical (unpaired) electrons. The van der Waals surface area contributed by atoms with Crippen LogP contribution >= 0.6 is 0 Å². The molecule has 1 fully saturated rings. The van der Waals surface area contributed by atoms with Crippen molar-refractivity contribution in [1.82, 2.24) is 5.32 Å². The van der Waals surface area contributed by atoms with Gasteiger partial charge in [-0.3, -0.25) is 9.59 Å². The van der Waals surface area contributed by atoms with Gasteiger partial charge in [0, 0.05) is 11.6 Å². The maximum absolute atomic E-state index is 12.2. The number of ether oxygens (including phenoxy) is 1. The van der Waals surface area contributed by atoms with Gasteiger partial charge in [-0.15, -0.1) is 0 Å². The van der Waals surface area contributed by atoms with Crippen LogP contribution in [0, 0.1) is 5.92 Å². The minimum Gasteiger partial charge on any atom is -0.481 e. The van der Waals surface area contributed by atoms with Gasteiger partial charge in [0.15, 0.2) is 0 Å². The summed E-state index contributed by atoms with van der Waals surface area (Å²) >= 11 is 0. The summed E-state index contributed by atoms with van der Waals surface area (Å²) in [5.41, 5.74) is 1.61. The summed E-state index contributed by atoms with van der Waals surface area (Å²) in [6.45, 7) is 4.49. The largest absolute Gasteiger partial charge is 0.481 e. The van der Waals surface area contributed by atoms with Crippen LogP contribution in [0.15, 0.2) is 24.3 Å². The van der Waals surface area contributed by atoms with Crippen LogP contribution in [0.25, 0.3) is 0 Å². The van der Waals surface area contributed by atoms with Crippen molar-refractivity contribution in [2.75, 3.05) is 0 Å². The Labute approximate surface area is 130 Å². The van der Waals surface area contributed by atoms with Gasteiger partial charge in [0.2, 0.25) is 0 Å². The summed E-state index contributed by atoms with van der Waals surface area (Å²) in [4.78, 5) is 23.1. The first kappa shape index (κ1) is 16.5. The Morgan fingerprint density at radius 2 is 1.95 bits per heavy atom. The van der Waals surface area contributed by atoms with Crippen LogP contribution in [0.1, 0.15) is 49.0 Å². The maximum atomic E-state index is 12.2. The molecule has 1 amide bonds. The number of hydrogen-bond donors (Lipinski definition) is 2. The van der Waals surface area contributed by atoms with Crippen molar-refractivity contribution in [3.8, 4) is 0 Å². The summed E-state index contributed by atoms with van der Waals surface area (Å²) in [5, 5.41) is 11.9. The highest BCUT2D eigenvalue weighted by Crippen LogP contribution is 2.25. The molecule has 0 aromatic heterocycles. The predicted octanol–water partition coefficient (Wildman–Crippen LogP) is 2.59. The summed E-state index contributed by atoms with van der Waals surface area (Å²) in [5.74, 6) is -1.25. The molecule has 120 valence electrons. The molecule has 1 aromatic carbocycles. The Morgan fingerprint density at radius 3 is 2.50 bits per heavy atom. The van der Waals surface area contributed by atoms with Crippen molar-refractivity contribution in [3.63, 3.8) is 0 Å². The molecule has 0 spiro atoms.